The zero-order valence-corrected chi connectivity index (χ0v) is 19.4. The Labute approximate surface area is 192 Å². The molecule has 0 spiro atoms. The van der Waals surface area contributed by atoms with Crippen LogP contribution in [-0.4, -0.2) is 31.5 Å². The summed E-state index contributed by atoms with van der Waals surface area (Å²) in [5, 5.41) is 8.83. The topological polar surface area (TPSA) is 79.5 Å². The molecule has 0 aromatic heterocycles. The number of amides is 2. The summed E-state index contributed by atoms with van der Waals surface area (Å²) in [6, 6.07) is 14.6. The van der Waals surface area contributed by atoms with Crippen LogP contribution < -0.4 is 20.7 Å². The first kappa shape index (κ1) is 25.2. The highest BCUT2D eigenvalue weighted by Crippen LogP contribution is 2.17. The van der Waals surface area contributed by atoms with Crippen LogP contribution in [0.15, 0.2) is 48.5 Å². The summed E-state index contributed by atoms with van der Waals surface area (Å²) in [6.07, 6.45) is 8.03. The molecule has 6 nitrogen and oxygen atoms in total. The highest BCUT2D eigenvalue weighted by molar-refractivity contribution is 5.96. The standard InChI is InChI=1S/C26H37N3O3/c1-3-5-7-8-9-18-32-24-15-13-22(14-16-24)29-25(30)20-28-23-12-10-11-21(19-23)26(31)27-17-6-4-2/h10-16,19,28H,3-9,17-18,20H2,1-2H3,(H,27,31)(H,29,30). The van der Waals surface area contributed by atoms with Gasteiger partial charge in [-0.2, -0.15) is 0 Å². The van der Waals surface area contributed by atoms with E-state index < -0.39 is 0 Å². The van der Waals surface area contributed by atoms with E-state index in [0.717, 1.165) is 43.0 Å². The first-order chi connectivity index (χ1) is 15.6. The summed E-state index contributed by atoms with van der Waals surface area (Å²) in [5.74, 6) is 0.549. The van der Waals surface area contributed by atoms with Gasteiger partial charge in [0.25, 0.3) is 5.91 Å². The Bertz CT molecular complexity index is 821. The van der Waals surface area contributed by atoms with Crippen molar-refractivity contribution in [2.45, 2.75) is 58.8 Å². The largest absolute Gasteiger partial charge is 0.494 e. The van der Waals surface area contributed by atoms with Gasteiger partial charge >= 0.3 is 0 Å². The molecule has 32 heavy (non-hydrogen) atoms. The predicted octanol–water partition coefficient (Wildman–Crippen LogP) is 5.62. The van der Waals surface area contributed by atoms with Crippen LogP contribution in [0.1, 0.15) is 69.2 Å². The van der Waals surface area contributed by atoms with Crippen molar-refractivity contribution in [3.8, 4) is 5.75 Å². The Morgan fingerprint density at radius 3 is 2.34 bits per heavy atom. The third kappa shape index (κ3) is 9.86. The Kier molecular flexibility index (Phi) is 11.7. The molecule has 2 rings (SSSR count). The van der Waals surface area contributed by atoms with E-state index >= 15 is 0 Å². The first-order valence-corrected chi connectivity index (χ1v) is 11.8. The lowest BCUT2D eigenvalue weighted by molar-refractivity contribution is -0.114. The fourth-order valence-electron chi connectivity index (χ4n) is 3.17. The Balaban J connectivity index is 1.72. The number of hydrogen-bond donors (Lipinski definition) is 3. The Hall–Kier alpha value is -3.02. The van der Waals surface area contributed by atoms with Crippen molar-refractivity contribution < 1.29 is 14.3 Å². The molecule has 2 amide bonds. The predicted molar refractivity (Wildman–Crippen MR) is 131 cm³/mol. The van der Waals surface area contributed by atoms with Gasteiger partial charge in [0.15, 0.2) is 0 Å². The van der Waals surface area contributed by atoms with Crippen LogP contribution in [0.2, 0.25) is 0 Å². The normalized spacial score (nSPS) is 10.4. The van der Waals surface area contributed by atoms with Crippen LogP contribution in [0.4, 0.5) is 11.4 Å². The number of carbonyl (C=O) groups excluding carboxylic acids is 2. The molecule has 0 aliphatic carbocycles. The smallest absolute Gasteiger partial charge is 0.251 e. The molecular formula is C26H37N3O3. The molecule has 2 aromatic rings. The molecule has 3 N–H and O–H groups in total. The molecule has 6 heteroatoms. The van der Waals surface area contributed by atoms with Gasteiger partial charge in [0.1, 0.15) is 5.75 Å². The summed E-state index contributed by atoms with van der Waals surface area (Å²) >= 11 is 0. The van der Waals surface area contributed by atoms with Gasteiger partial charge in [-0.05, 0) is 55.3 Å². The van der Waals surface area contributed by atoms with Gasteiger partial charge in [-0.3, -0.25) is 9.59 Å². The number of carbonyl (C=O) groups is 2. The molecule has 0 radical (unpaired) electrons. The fourth-order valence-corrected chi connectivity index (χ4v) is 3.17. The molecule has 0 atom stereocenters. The van der Waals surface area contributed by atoms with Crippen molar-refractivity contribution >= 4 is 23.2 Å². The van der Waals surface area contributed by atoms with E-state index in [1.165, 1.54) is 25.7 Å². The Morgan fingerprint density at radius 2 is 1.59 bits per heavy atom. The zero-order chi connectivity index (χ0) is 23.0. The van der Waals surface area contributed by atoms with Crippen molar-refractivity contribution in [2.24, 2.45) is 0 Å². The molecule has 2 aromatic carbocycles. The fraction of sp³-hybridized carbons (Fsp3) is 0.462. The number of nitrogens with one attached hydrogen (secondary N) is 3. The first-order valence-electron chi connectivity index (χ1n) is 11.8. The van der Waals surface area contributed by atoms with E-state index in [0.29, 0.717) is 12.1 Å². The Morgan fingerprint density at radius 1 is 0.844 bits per heavy atom. The summed E-state index contributed by atoms with van der Waals surface area (Å²) < 4.78 is 5.76. The summed E-state index contributed by atoms with van der Waals surface area (Å²) in [6.45, 7) is 5.78. The van der Waals surface area contributed by atoms with Crippen LogP contribution in [0.3, 0.4) is 0 Å². The van der Waals surface area contributed by atoms with Crippen molar-refractivity contribution in [1.82, 2.24) is 5.32 Å². The highest BCUT2D eigenvalue weighted by atomic mass is 16.5. The second kappa shape index (κ2) is 14.9. The van der Waals surface area contributed by atoms with Gasteiger partial charge in [-0.25, -0.2) is 0 Å². The van der Waals surface area contributed by atoms with E-state index in [4.69, 9.17) is 4.74 Å². The minimum absolute atomic E-state index is 0.102. The number of ether oxygens (including phenoxy) is 1. The number of benzene rings is 2. The second-order valence-corrected chi connectivity index (χ2v) is 7.88. The van der Waals surface area contributed by atoms with Crippen LogP contribution in [0.25, 0.3) is 0 Å². The van der Waals surface area contributed by atoms with Gasteiger partial charge < -0.3 is 20.7 Å². The van der Waals surface area contributed by atoms with E-state index in [-0.39, 0.29) is 18.4 Å². The van der Waals surface area contributed by atoms with Crippen molar-refractivity contribution in [3.05, 3.63) is 54.1 Å². The minimum Gasteiger partial charge on any atom is -0.494 e. The molecule has 0 heterocycles. The number of hydrogen-bond acceptors (Lipinski definition) is 4. The summed E-state index contributed by atoms with van der Waals surface area (Å²) in [5.41, 5.74) is 2.02. The number of anilines is 2. The number of unbranched alkanes of at least 4 members (excludes halogenated alkanes) is 5. The van der Waals surface area contributed by atoms with Crippen molar-refractivity contribution in [1.29, 1.82) is 0 Å². The van der Waals surface area contributed by atoms with Gasteiger partial charge in [0.2, 0.25) is 5.91 Å². The lowest BCUT2D eigenvalue weighted by Gasteiger charge is -2.10. The molecule has 0 aliphatic heterocycles. The quantitative estimate of drug-likeness (QED) is 0.315. The summed E-state index contributed by atoms with van der Waals surface area (Å²) in [4.78, 5) is 24.5. The average Bonchev–Trinajstić information content (AvgIpc) is 2.81. The van der Waals surface area contributed by atoms with Crippen LogP contribution in [0, 0.1) is 0 Å². The van der Waals surface area contributed by atoms with E-state index in [1.54, 1.807) is 18.2 Å². The maximum atomic E-state index is 12.3. The van der Waals surface area contributed by atoms with Gasteiger partial charge in [0, 0.05) is 23.5 Å². The monoisotopic (exact) mass is 439 g/mol. The van der Waals surface area contributed by atoms with E-state index in [2.05, 4.69) is 29.8 Å². The lowest BCUT2D eigenvalue weighted by atomic mass is 10.2. The molecular weight excluding hydrogens is 402 g/mol. The van der Waals surface area contributed by atoms with Crippen LogP contribution in [0.5, 0.6) is 5.75 Å². The second-order valence-electron chi connectivity index (χ2n) is 7.88. The van der Waals surface area contributed by atoms with Crippen LogP contribution in [-0.2, 0) is 4.79 Å². The zero-order valence-electron chi connectivity index (χ0n) is 19.4. The summed E-state index contributed by atoms with van der Waals surface area (Å²) in [7, 11) is 0. The van der Waals surface area contributed by atoms with Crippen molar-refractivity contribution in [2.75, 3.05) is 30.3 Å². The van der Waals surface area contributed by atoms with Gasteiger partial charge in [-0.1, -0.05) is 52.0 Å². The van der Waals surface area contributed by atoms with Crippen LogP contribution >= 0.6 is 0 Å². The minimum atomic E-state index is -0.160. The lowest BCUT2D eigenvalue weighted by Crippen LogP contribution is -2.25. The van der Waals surface area contributed by atoms with Gasteiger partial charge in [-0.15, -0.1) is 0 Å². The van der Waals surface area contributed by atoms with E-state index in [9.17, 15) is 9.59 Å². The molecule has 0 aliphatic rings. The molecule has 0 fully saturated rings. The number of rotatable bonds is 15. The molecule has 174 valence electrons. The maximum Gasteiger partial charge on any atom is 0.251 e. The van der Waals surface area contributed by atoms with E-state index in [1.807, 2.05) is 30.3 Å². The third-order valence-corrected chi connectivity index (χ3v) is 5.05. The third-order valence-electron chi connectivity index (χ3n) is 5.05. The highest BCUT2D eigenvalue weighted by Gasteiger charge is 2.07. The van der Waals surface area contributed by atoms with Gasteiger partial charge in [0.05, 0.1) is 13.2 Å². The SMILES string of the molecule is CCCCCCCOc1ccc(NC(=O)CNc2cccc(C(=O)NCCCC)c2)cc1. The average molecular weight is 440 g/mol. The molecule has 0 bridgehead atoms. The molecule has 0 saturated heterocycles. The molecule has 0 saturated carbocycles. The van der Waals surface area contributed by atoms with Crippen molar-refractivity contribution in [3.63, 3.8) is 0 Å². The maximum absolute atomic E-state index is 12.3. The molecule has 0 unspecified atom stereocenters.